The van der Waals surface area contributed by atoms with Crippen LogP contribution in [-0.4, -0.2) is 44.9 Å². The van der Waals surface area contributed by atoms with E-state index in [1.807, 2.05) is 30.3 Å². The smallest absolute Gasteiger partial charge is 0.123 e. The number of para-hydroxylation sites is 1. The normalized spacial score (nSPS) is 10.7. The molecular formula is C15H24N2O2. The zero-order valence-corrected chi connectivity index (χ0v) is 11.7. The standard InChI is InChI=1S/C15H24N2O2/c1-3-8-17(9-11-18-2)10-12-19-15-7-5-4-6-14(15)13-16/h3-7H,1,8-13,16H2,2H3. The van der Waals surface area contributed by atoms with E-state index in [9.17, 15) is 0 Å². The summed E-state index contributed by atoms with van der Waals surface area (Å²) in [5.74, 6) is 0.871. The van der Waals surface area contributed by atoms with Crippen molar-refractivity contribution >= 4 is 0 Å². The fourth-order valence-corrected chi connectivity index (χ4v) is 1.80. The molecule has 0 unspecified atom stereocenters. The molecule has 106 valence electrons. The van der Waals surface area contributed by atoms with E-state index >= 15 is 0 Å². The number of methoxy groups -OCH3 is 1. The second-order valence-corrected chi connectivity index (χ2v) is 4.24. The van der Waals surface area contributed by atoms with Gasteiger partial charge in [-0.3, -0.25) is 4.90 Å². The van der Waals surface area contributed by atoms with Crippen LogP contribution in [0.4, 0.5) is 0 Å². The molecule has 0 radical (unpaired) electrons. The lowest BCUT2D eigenvalue weighted by Gasteiger charge is -2.20. The van der Waals surface area contributed by atoms with Gasteiger partial charge in [-0.1, -0.05) is 24.3 Å². The van der Waals surface area contributed by atoms with Gasteiger partial charge in [-0.05, 0) is 6.07 Å². The van der Waals surface area contributed by atoms with E-state index in [4.69, 9.17) is 15.2 Å². The summed E-state index contributed by atoms with van der Waals surface area (Å²) in [6, 6.07) is 7.87. The highest BCUT2D eigenvalue weighted by atomic mass is 16.5. The lowest BCUT2D eigenvalue weighted by molar-refractivity contribution is 0.142. The van der Waals surface area contributed by atoms with Gasteiger partial charge in [-0.15, -0.1) is 6.58 Å². The Kier molecular flexibility index (Phi) is 7.89. The average Bonchev–Trinajstić information content (AvgIpc) is 2.45. The Bertz CT molecular complexity index is 369. The summed E-state index contributed by atoms with van der Waals surface area (Å²) >= 11 is 0. The third kappa shape index (κ3) is 5.87. The maximum Gasteiger partial charge on any atom is 0.123 e. The minimum atomic E-state index is 0.496. The van der Waals surface area contributed by atoms with Crippen LogP contribution in [0.5, 0.6) is 5.75 Å². The van der Waals surface area contributed by atoms with Crippen molar-refractivity contribution in [1.82, 2.24) is 4.90 Å². The van der Waals surface area contributed by atoms with Crippen molar-refractivity contribution in [1.29, 1.82) is 0 Å². The van der Waals surface area contributed by atoms with Gasteiger partial charge in [0.2, 0.25) is 0 Å². The largest absolute Gasteiger partial charge is 0.492 e. The SMILES string of the molecule is C=CCN(CCOC)CCOc1ccccc1CN. The fraction of sp³-hybridized carbons (Fsp3) is 0.467. The van der Waals surface area contributed by atoms with Gasteiger partial charge >= 0.3 is 0 Å². The Labute approximate surface area is 115 Å². The average molecular weight is 264 g/mol. The second kappa shape index (κ2) is 9.55. The lowest BCUT2D eigenvalue weighted by Crippen LogP contribution is -2.31. The Morgan fingerprint density at radius 2 is 2.00 bits per heavy atom. The van der Waals surface area contributed by atoms with E-state index in [0.717, 1.165) is 30.9 Å². The molecule has 0 aromatic heterocycles. The molecule has 0 amide bonds. The first kappa shape index (κ1) is 15.7. The number of hydrogen-bond donors (Lipinski definition) is 1. The Hall–Kier alpha value is -1.36. The van der Waals surface area contributed by atoms with Gasteiger partial charge in [0.25, 0.3) is 0 Å². The predicted octanol–water partition coefficient (Wildman–Crippen LogP) is 1.66. The number of rotatable bonds is 10. The molecule has 0 fully saturated rings. The third-order valence-corrected chi connectivity index (χ3v) is 2.86. The topological polar surface area (TPSA) is 47.7 Å². The molecule has 2 N–H and O–H groups in total. The molecule has 1 rings (SSSR count). The first-order chi connectivity index (χ1) is 9.31. The molecule has 1 aromatic rings. The molecule has 0 saturated heterocycles. The van der Waals surface area contributed by atoms with Gasteiger partial charge in [0.15, 0.2) is 0 Å². The molecule has 0 bridgehead atoms. The van der Waals surface area contributed by atoms with Gasteiger partial charge in [-0.25, -0.2) is 0 Å². The molecule has 0 spiro atoms. The number of nitrogens with zero attached hydrogens (tertiary/aromatic N) is 1. The van der Waals surface area contributed by atoms with E-state index in [2.05, 4.69) is 11.5 Å². The highest BCUT2D eigenvalue weighted by Crippen LogP contribution is 2.16. The number of nitrogens with two attached hydrogens (primary N) is 1. The lowest BCUT2D eigenvalue weighted by atomic mass is 10.2. The molecule has 1 aromatic carbocycles. The first-order valence-electron chi connectivity index (χ1n) is 6.54. The maximum absolute atomic E-state index is 5.79. The van der Waals surface area contributed by atoms with Gasteiger partial charge in [0.1, 0.15) is 12.4 Å². The van der Waals surface area contributed by atoms with Crippen LogP contribution in [0, 0.1) is 0 Å². The molecule has 19 heavy (non-hydrogen) atoms. The monoisotopic (exact) mass is 264 g/mol. The number of hydrogen-bond acceptors (Lipinski definition) is 4. The summed E-state index contributed by atoms with van der Waals surface area (Å²) < 4.78 is 10.9. The minimum absolute atomic E-state index is 0.496. The van der Waals surface area contributed by atoms with Crippen molar-refractivity contribution in [3.05, 3.63) is 42.5 Å². The van der Waals surface area contributed by atoms with Crippen LogP contribution in [0.1, 0.15) is 5.56 Å². The van der Waals surface area contributed by atoms with Crippen molar-refractivity contribution in [2.24, 2.45) is 5.73 Å². The minimum Gasteiger partial charge on any atom is -0.492 e. The highest BCUT2D eigenvalue weighted by Gasteiger charge is 2.04. The zero-order chi connectivity index (χ0) is 13.9. The van der Waals surface area contributed by atoms with Crippen molar-refractivity contribution in [3.8, 4) is 5.75 Å². The molecular weight excluding hydrogens is 240 g/mol. The molecule has 4 nitrogen and oxygen atoms in total. The van der Waals surface area contributed by atoms with E-state index in [0.29, 0.717) is 19.8 Å². The van der Waals surface area contributed by atoms with E-state index < -0.39 is 0 Å². The van der Waals surface area contributed by atoms with Crippen molar-refractivity contribution in [3.63, 3.8) is 0 Å². The van der Waals surface area contributed by atoms with Crippen LogP contribution < -0.4 is 10.5 Å². The summed E-state index contributed by atoms with van der Waals surface area (Å²) in [4.78, 5) is 2.24. The van der Waals surface area contributed by atoms with Crippen LogP contribution in [0.2, 0.25) is 0 Å². The zero-order valence-electron chi connectivity index (χ0n) is 11.7. The molecule has 0 heterocycles. The Morgan fingerprint density at radius 1 is 1.26 bits per heavy atom. The Balaban J connectivity index is 2.40. The molecule has 0 aliphatic rings. The predicted molar refractivity (Wildman–Crippen MR) is 78.3 cm³/mol. The van der Waals surface area contributed by atoms with Crippen molar-refractivity contribution < 1.29 is 9.47 Å². The highest BCUT2D eigenvalue weighted by molar-refractivity contribution is 5.32. The number of benzene rings is 1. The van der Waals surface area contributed by atoms with E-state index in [1.165, 1.54) is 0 Å². The van der Waals surface area contributed by atoms with Crippen LogP contribution in [0.15, 0.2) is 36.9 Å². The van der Waals surface area contributed by atoms with Crippen molar-refractivity contribution in [2.45, 2.75) is 6.54 Å². The van der Waals surface area contributed by atoms with Crippen molar-refractivity contribution in [2.75, 3.05) is 40.0 Å². The summed E-state index contributed by atoms with van der Waals surface area (Å²) in [6.45, 7) is 8.17. The summed E-state index contributed by atoms with van der Waals surface area (Å²) in [5, 5.41) is 0. The van der Waals surface area contributed by atoms with Gasteiger partial charge in [-0.2, -0.15) is 0 Å². The number of ether oxygens (including phenoxy) is 2. The van der Waals surface area contributed by atoms with Gasteiger partial charge in [0.05, 0.1) is 6.61 Å². The molecule has 0 atom stereocenters. The summed E-state index contributed by atoms with van der Waals surface area (Å²) in [6.07, 6.45) is 1.89. The van der Waals surface area contributed by atoms with Crippen LogP contribution in [0.3, 0.4) is 0 Å². The molecule has 4 heteroatoms. The summed E-state index contributed by atoms with van der Waals surface area (Å²) in [7, 11) is 1.71. The molecule has 0 aliphatic carbocycles. The van der Waals surface area contributed by atoms with Gasteiger partial charge in [0, 0.05) is 38.9 Å². The molecule has 0 aliphatic heterocycles. The van der Waals surface area contributed by atoms with Gasteiger partial charge < -0.3 is 15.2 Å². The van der Waals surface area contributed by atoms with Crippen LogP contribution >= 0.6 is 0 Å². The first-order valence-corrected chi connectivity index (χ1v) is 6.54. The fourth-order valence-electron chi connectivity index (χ4n) is 1.80. The van der Waals surface area contributed by atoms with E-state index in [-0.39, 0.29) is 0 Å². The van der Waals surface area contributed by atoms with Crippen LogP contribution in [-0.2, 0) is 11.3 Å². The summed E-state index contributed by atoms with van der Waals surface area (Å²) in [5.41, 5.74) is 6.71. The Morgan fingerprint density at radius 3 is 2.68 bits per heavy atom. The molecule has 0 saturated carbocycles. The second-order valence-electron chi connectivity index (χ2n) is 4.24. The van der Waals surface area contributed by atoms with E-state index in [1.54, 1.807) is 7.11 Å². The maximum atomic E-state index is 5.79. The quantitative estimate of drug-likeness (QED) is 0.653. The third-order valence-electron chi connectivity index (χ3n) is 2.86. The van der Waals surface area contributed by atoms with Crippen LogP contribution in [0.25, 0.3) is 0 Å².